The number of esters is 1. The van der Waals surface area contributed by atoms with Crippen molar-refractivity contribution in [3.63, 3.8) is 0 Å². The number of aromatic carboxylic acids is 1. The third-order valence-corrected chi connectivity index (χ3v) is 2.32. The number of ether oxygens (including phenoxy) is 1. The zero-order valence-electron chi connectivity index (χ0n) is 10.1. The number of aryl methyl sites for hydroxylation is 1. The van der Waals surface area contributed by atoms with E-state index in [0.29, 0.717) is 19.6 Å². The number of hydrogen-bond donors (Lipinski definition) is 1. The summed E-state index contributed by atoms with van der Waals surface area (Å²) < 4.78 is 6.03. The van der Waals surface area contributed by atoms with Crippen LogP contribution < -0.4 is 5.56 Å². The third-order valence-electron chi connectivity index (χ3n) is 2.32. The highest BCUT2D eigenvalue weighted by Crippen LogP contribution is 1.99. The topological polar surface area (TPSA) is 85.6 Å². The van der Waals surface area contributed by atoms with E-state index < -0.39 is 5.97 Å². The summed E-state index contributed by atoms with van der Waals surface area (Å²) in [4.78, 5) is 33.3. The molecule has 0 atom stereocenters. The molecule has 0 unspecified atom stereocenters. The summed E-state index contributed by atoms with van der Waals surface area (Å²) >= 11 is 0. The van der Waals surface area contributed by atoms with Gasteiger partial charge in [0, 0.05) is 25.2 Å². The summed E-state index contributed by atoms with van der Waals surface area (Å²) in [5.74, 6) is -1.41. The molecule has 1 rings (SSSR count). The van der Waals surface area contributed by atoms with Crippen LogP contribution >= 0.6 is 0 Å². The maximum absolute atomic E-state index is 11.4. The van der Waals surface area contributed by atoms with Gasteiger partial charge in [0.1, 0.15) is 0 Å². The molecule has 98 valence electrons. The van der Waals surface area contributed by atoms with Gasteiger partial charge < -0.3 is 14.4 Å². The van der Waals surface area contributed by atoms with Gasteiger partial charge in [0.25, 0.3) is 5.56 Å². The van der Waals surface area contributed by atoms with E-state index in [9.17, 15) is 14.4 Å². The van der Waals surface area contributed by atoms with Gasteiger partial charge in [0.2, 0.25) is 0 Å². The molecule has 0 aliphatic rings. The van der Waals surface area contributed by atoms with E-state index in [-0.39, 0.29) is 23.5 Å². The van der Waals surface area contributed by atoms with Crippen LogP contribution in [-0.4, -0.2) is 28.2 Å². The summed E-state index contributed by atoms with van der Waals surface area (Å²) in [7, 11) is 0. The lowest BCUT2D eigenvalue weighted by Crippen LogP contribution is -2.20. The van der Waals surface area contributed by atoms with Crippen molar-refractivity contribution in [1.29, 1.82) is 0 Å². The maximum atomic E-state index is 11.4. The van der Waals surface area contributed by atoms with Gasteiger partial charge >= 0.3 is 11.9 Å². The Kier molecular flexibility index (Phi) is 5.10. The second-order valence-electron chi connectivity index (χ2n) is 3.66. The van der Waals surface area contributed by atoms with Gasteiger partial charge in [0.15, 0.2) is 0 Å². The molecule has 0 saturated carbocycles. The first-order chi connectivity index (χ1) is 8.54. The Labute approximate surface area is 104 Å². The fraction of sp³-hybridized carbons (Fsp3) is 0.417. The molecule has 0 bridgehead atoms. The second kappa shape index (κ2) is 6.58. The maximum Gasteiger partial charge on any atom is 0.337 e. The Morgan fingerprint density at radius 1 is 1.39 bits per heavy atom. The highest BCUT2D eigenvalue weighted by atomic mass is 16.5. The lowest BCUT2D eigenvalue weighted by molar-refractivity contribution is -0.143. The van der Waals surface area contributed by atoms with Gasteiger partial charge in [0.05, 0.1) is 12.2 Å². The highest BCUT2D eigenvalue weighted by molar-refractivity contribution is 5.87. The molecule has 1 heterocycles. The SMILES string of the molecule is CCOC(=O)CCCn1cc(C(=O)O)ccc1=O. The second-order valence-corrected chi connectivity index (χ2v) is 3.66. The van der Waals surface area contributed by atoms with E-state index in [2.05, 4.69) is 0 Å². The van der Waals surface area contributed by atoms with Crippen LogP contribution in [0.15, 0.2) is 23.1 Å². The Balaban J connectivity index is 2.61. The van der Waals surface area contributed by atoms with Crippen molar-refractivity contribution in [2.75, 3.05) is 6.61 Å². The smallest absolute Gasteiger partial charge is 0.337 e. The van der Waals surface area contributed by atoms with Gasteiger partial charge in [-0.1, -0.05) is 0 Å². The Morgan fingerprint density at radius 2 is 2.11 bits per heavy atom. The normalized spacial score (nSPS) is 10.1. The number of carboxylic acids is 1. The van der Waals surface area contributed by atoms with E-state index in [4.69, 9.17) is 9.84 Å². The average Bonchev–Trinajstić information content (AvgIpc) is 2.31. The number of aromatic nitrogens is 1. The van der Waals surface area contributed by atoms with Crippen LogP contribution in [0.1, 0.15) is 30.1 Å². The highest BCUT2D eigenvalue weighted by Gasteiger charge is 2.06. The molecular formula is C12H15NO5. The molecule has 0 fully saturated rings. The van der Waals surface area contributed by atoms with Crippen LogP contribution in [0.25, 0.3) is 0 Å². The fourth-order valence-corrected chi connectivity index (χ4v) is 1.46. The lowest BCUT2D eigenvalue weighted by Gasteiger charge is -2.06. The van der Waals surface area contributed by atoms with Crippen LogP contribution in [-0.2, 0) is 16.1 Å². The molecule has 1 aromatic heterocycles. The van der Waals surface area contributed by atoms with Gasteiger partial charge in [-0.25, -0.2) is 4.79 Å². The predicted molar refractivity (Wildman–Crippen MR) is 63.5 cm³/mol. The van der Waals surface area contributed by atoms with Crippen LogP contribution in [0.2, 0.25) is 0 Å². The molecule has 0 aliphatic heterocycles. The van der Waals surface area contributed by atoms with Crippen LogP contribution in [0.5, 0.6) is 0 Å². The molecule has 0 aromatic carbocycles. The third kappa shape index (κ3) is 4.04. The first kappa shape index (κ1) is 14.0. The Morgan fingerprint density at radius 3 is 2.72 bits per heavy atom. The quantitative estimate of drug-likeness (QED) is 0.761. The first-order valence-corrected chi connectivity index (χ1v) is 5.64. The van der Waals surface area contributed by atoms with E-state index >= 15 is 0 Å². The zero-order valence-corrected chi connectivity index (χ0v) is 10.1. The summed E-state index contributed by atoms with van der Waals surface area (Å²) in [6.45, 7) is 2.34. The summed E-state index contributed by atoms with van der Waals surface area (Å²) in [6, 6.07) is 2.46. The molecule has 18 heavy (non-hydrogen) atoms. The minimum absolute atomic E-state index is 0.0470. The Bertz CT molecular complexity index is 491. The largest absolute Gasteiger partial charge is 0.478 e. The van der Waals surface area contributed by atoms with Crippen molar-refractivity contribution in [3.8, 4) is 0 Å². The predicted octanol–water partition coefficient (Wildman–Crippen LogP) is 0.890. The molecule has 1 N–H and O–H groups in total. The van der Waals surface area contributed by atoms with Crippen LogP contribution in [0, 0.1) is 0 Å². The van der Waals surface area contributed by atoms with Crippen LogP contribution in [0.3, 0.4) is 0 Å². The minimum atomic E-state index is -1.09. The van der Waals surface area contributed by atoms with Crippen molar-refractivity contribution in [3.05, 3.63) is 34.2 Å². The molecule has 0 saturated heterocycles. The number of hydrogen-bond acceptors (Lipinski definition) is 4. The molecule has 0 spiro atoms. The number of nitrogens with zero attached hydrogens (tertiary/aromatic N) is 1. The summed E-state index contributed by atoms with van der Waals surface area (Å²) in [5.41, 5.74) is -0.241. The van der Waals surface area contributed by atoms with Gasteiger partial charge in [-0.05, 0) is 19.4 Å². The van der Waals surface area contributed by atoms with Crippen molar-refractivity contribution < 1.29 is 19.4 Å². The number of carbonyl (C=O) groups excluding carboxylic acids is 1. The van der Waals surface area contributed by atoms with Gasteiger partial charge in [-0.2, -0.15) is 0 Å². The molecule has 1 aromatic rings. The molecular weight excluding hydrogens is 238 g/mol. The number of carbonyl (C=O) groups is 2. The fourth-order valence-electron chi connectivity index (χ4n) is 1.46. The molecule has 0 radical (unpaired) electrons. The monoisotopic (exact) mass is 253 g/mol. The molecule has 6 nitrogen and oxygen atoms in total. The van der Waals surface area contributed by atoms with Crippen LogP contribution in [0.4, 0.5) is 0 Å². The number of pyridine rings is 1. The summed E-state index contributed by atoms with van der Waals surface area (Å²) in [5, 5.41) is 8.79. The van der Waals surface area contributed by atoms with Gasteiger partial charge in [-0.3, -0.25) is 9.59 Å². The Hall–Kier alpha value is -2.11. The molecule has 0 amide bonds. The van der Waals surface area contributed by atoms with Crippen molar-refractivity contribution in [2.45, 2.75) is 26.3 Å². The zero-order chi connectivity index (χ0) is 13.5. The van der Waals surface area contributed by atoms with E-state index in [1.165, 1.54) is 22.9 Å². The molecule has 6 heteroatoms. The van der Waals surface area contributed by atoms with E-state index in [1.807, 2.05) is 0 Å². The van der Waals surface area contributed by atoms with E-state index in [1.54, 1.807) is 6.92 Å². The minimum Gasteiger partial charge on any atom is -0.478 e. The van der Waals surface area contributed by atoms with Crippen molar-refractivity contribution >= 4 is 11.9 Å². The average molecular weight is 253 g/mol. The standard InChI is InChI=1S/C12H15NO5/c1-2-18-11(15)4-3-7-13-8-9(12(16)17)5-6-10(13)14/h5-6,8H,2-4,7H2,1H3,(H,16,17). The van der Waals surface area contributed by atoms with E-state index in [0.717, 1.165) is 0 Å². The number of carboxylic acid groups (broad SMARTS) is 1. The molecule has 0 aliphatic carbocycles. The first-order valence-electron chi connectivity index (χ1n) is 5.64. The number of rotatable bonds is 6. The summed E-state index contributed by atoms with van der Waals surface area (Å²) in [6.07, 6.45) is 1.91. The van der Waals surface area contributed by atoms with Gasteiger partial charge in [-0.15, -0.1) is 0 Å². The van der Waals surface area contributed by atoms with Crippen molar-refractivity contribution in [1.82, 2.24) is 4.57 Å². The lowest BCUT2D eigenvalue weighted by atomic mass is 10.2. The van der Waals surface area contributed by atoms with Crippen molar-refractivity contribution in [2.24, 2.45) is 0 Å².